The molecule has 0 spiro atoms. The number of benzene rings is 1. The lowest BCUT2D eigenvalue weighted by atomic mass is 10.1. The van der Waals surface area contributed by atoms with Gasteiger partial charge in [0, 0.05) is 19.5 Å². The maximum absolute atomic E-state index is 11.8. The van der Waals surface area contributed by atoms with Gasteiger partial charge in [-0.1, -0.05) is 6.07 Å². The van der Waals surface area contributed by atoms with Crippen molar-refractivity contribution >= 4 is 16.9 Å². The van der Waals surface area contributed by atoms with Crippen LogP contribution in [0.2, 0.25) is 0 Å². The van der Waals surface area contributed by atoms with Gasteiger partial charge in [0.15, 0.2) is 0 Å². The van der Waals surface area contributed by atoms with Crippen LogP contribution in [0.15, 0.2) is 24.5 Å². The summed E-state index contributed by atoms with van der Waals surface area (Å²) in [6, 6.07) is 6.18. The molecule has 0 saturated carbocycles. The number of hydrogen-bond acceptors (Lipinski definition) is 3. The minimum atomic E-state index is 0.234. The summed E-state index contributed by atoms with van der Waals surface area (Å²) < 4.78 is 0. The van der Waals surface area contributed by atoms with Crippen LogP contribution in [0.25, 0.3) is 11.0 Å². The van der Waals surface area contributed by atoms with Crippen LogP contribution in [0.4, 0.5) is 0 Å². The van der Waals surface area contributed by atoms with Gasteiger partial charge in [0.1, 0.15) is 0 Å². The average molecular weight is 258 g/mol. The summed E-state index contributed by atoms with van der Waals surface area (Å²) in [5, 5.41) is 0. The fraction of sp³-hybridized carbons (Fsp3) is 0.429. The number of fused-ring (bicyclic) bond motifs is 1. The molecular weight excluding hydrogens is 240 g/mol. The number of likely N-dealkylation sites (tertiary alicyclic amines) is 1. The Morgan fingerprint density at radius 1 is 1.47 bits per heavy atom. The van der Waals surface area contributed by atoms with Crippen molar-refractivity contribution in [2.75, 3.05) is 19.6 Å². The van der Waals surface area contributed by atoms with Gasteiger partial charge in [0.25, 0.3) is 0 Å². The fourth-order valence-electron chi connectivity index (χ4n) is 2.63. The highest BCUT2D eigenvalue weighted by atomic mass is 16.2. The van der Waals surface area contributed by atoms with Crippen molar-refractivity contribution in [3.05, 3.63) is 30.1 Å². The molecule has 1 atom stereocenters. The number of imidazole rings is 1. The van der Waals surface area contributed by atoms with Gasteiger partial charge in [-0.2, -0.15) is 0 Å². The smallest absolute Gasteiger partial charge is 0.222 e. The van der Waals surface area contributed by atoms with Crippen molar-refractivity contribution < 1.29 is 4.79 Å². The van der Waals surface area contributed by atoms with E-state index < -0.39 is 0 Å². The second-order valence-electron chi connectivity index (χ2n) is 5.15. The lowest BCUT2D eigenvalue weighted by molar-refractivity contribution is -0.127. The number of nitrogens with one attached hydrogen (secondary N) is 1. The molecule has 1 saturated heterocycles. The van der Waals surface area contributed by atoms with Crippen LogP contribution in [0, 0.1) is 5.92 Å². The molecule has 5 nitrogen and oxygen atoms in total. The number of nitrogens with two attached hydrogens (primary N) is 1. The zero-order valence-electron chi connectivity index (χ0n) is 10.8. The number of carbonyl (C=O) groups is 1. The molecule has 0 aliphatic carbocycles. The number of aromatic amines is 1. The van der Waals surface area contributed by atoms with E-state index in [2.05, 4.69) is 22.1 Å². The molecule has 19 heavy (non-hydrogen) atoms. The molecule has 2 heterocycles. The van der Waals surface area contributed by atoms with Crippen molar-refractivity contribution in [2.24, 2.45) is 11.7 Å². The third-order valence-corrected chi connectivity index (χ3v) is 3.78. The number of aromatic nitrogens is 2. The monoisotopic (exact) mass is 258 g/mol. The Bertz CT molecular complexity index is 592. The van der Waals surface area contributed by atoms with Crippen molar-refractivity contribution in [2.45, 2.75) is 12.8 Å². The summed E-state index contributed by atoms with van der Waals surface area (Å²) in [5.41, 5.74) is 8.87. The molecular formula is C14H18N4O. The predicted molar refractivity (Wildman–Crippen MR) is 73.5 cm³/mol. The zero-order valence-corrected chi connectivity index (χ0v) is 10.8. The van der Waals surface area contributed by atoms with Crippen LogP contribution in [-0.4, -0.2) is 40.4 Å². The minimum Gasteiger partial charge on any atom is -0.345 e. The van der Waals surface area contributed by atoms with Gasteiger partial charge in [-0.05, 0) is 36.6 Å². The molecule has 1 aromatic carbocycles. The van der Waals surface area contributed by atoms with E-state index in [-0.39, 0.29) is 5.91 Å². The molecule has 1 aliphatic rings. The van der Waals surface area contributed by atoms with Gasteiger partial charge in [-0.25, -0.2) is 4.98 Å². The van der Waals surface area contributed by atoms with Gasteiger partial charge in [0.2, 0.25) is 5.91 Å². The van der Waals surface area contributed by atoms with Crippen molar-refractivity contribution in [1.29, 1.82) is 0 Å². The highest BCUT2D eigenvalue weighted by molar-refractivity contribution is 5.78. The largest absolute Gasteiger partial charge is 0.345 e. The van der Waals surface area contributed by atoms with Crippen molar-refractivity contribution in [3.8, 4) is 0 Å². The molecule has 1 fully saturated rings. The van der Waals surface area contributed by atoms with Gasteiger partial charge < -0.3 is 15.6 Å². The van der Waals surface area contributed by atoms with E-state index in [1.54, 1.807) is 6.33 Å². The zero-order chi connectivity index (χ0) is 13.2. The van der Waals surface area contributed by atoms with Crippen LogP contribution < -0.4 is 5.73 Å². The fourth-order valence-corrected chi connectivity index (χ4v) is 2.63. The normalized spacial score (nSPS) is 19.5. The molecule has 3 N–H and O–H groups in total. The summed E-state index contributed by atoms with van der Waals surface area (Å²) in [7, 11) is 0. The Labute approximate surface area is 111 Å². The molecule has 0 bridgehead atoms. The van der Waals surface area contributed by atoms with Crippen LogP contribution in [0.3, 0.4) is 0 Å². The number of amides is 1. The Balaban J connectivity index is 1.64. The summed E-state index contributed by atoms with van der Waals surface area (Å²) in [6.45, 7) is 2.18. The van der Waals surface area contributed by atoms with E-state index in [1.807, 2.05) is 11.0 Å². The standard InChI is InChI=1S/C14H18N4O/c15-7-11-6-14(19)18(8-11)4-3-10-1-2-12-13(5-10)17-9-16-12/h1-2,5,9,11H,3-4,6-8,15H2,(H,16,17). The third-order valence-electron chi connectivity index (χ3n) is 3.78. The Kier molecular flexibility index (Phi) is 3.21. The molecule has 1 amide bonds. The van der Waals surface area contributed by atoms with Gasteiger partial charge >= 0.3 is 0 Å². The topological polar surface area (TPSA) is 75.0 Å². The van der Waals surface area contributed by atoms with Crippen LogP contribution in [-0.2, 0) is 11.2 Å². The number of hydrogen-bond donors (Lipinski definition) is 2. The molecule has 2 aromatic rings. The molecule has 5 heteroatoms. The first-order chi connectivity index (χ1) is 9.26. The van der Waals surface area contributed by atoms with Crippen LogP contribution in [0.5, 0.6) is 0 Å². The SMILES string of the molecule is NCC1CC(=O)N(CCc2ccc3nc[nH]c3c2)C1. The minimum absolute atomic E-state index is 0.234. The quantitative estimate of drug-likeness (QED) is 0.856. The average Bonchev–Trinajstić information content (AvgIpc) is 3.02. The first-order valence-electron chi connectivity index (χ1n) is 6.66. The van der Waals surface area contributed by atoms with Crippen molar-refractivity contribution in [3.63, 3.8) is 0 Å². The van der Waals surface area contributed by atoms with Crippen LogP contribution >= 0.6 is 0 Å². The highest BCUT2D eigenvalue weighted by Gasteiger charge is 2.27. The number of carbonyl (C=O) groups excluding carboxylic acids is 1. The maximum atomic E-state index is 11.8. The van der Waals surface area contributed by atoms with E-state index in [9.17, 15) is 4.79 Å². The molecule has 3 rings (SSSR count). The van der Waals surface area contributed by atoms with E-state index in [0.29, 0.717) is 18.9 Å². The number of rotatable bonds is 4. The Hall–Kier alpha value is -1.88. The molecule has 1 unspecified atom stereocenters. The summed E-state index contributed by atoms with van der Waals surface area (Å²) in [6.07, 6.45) is 3.18. The maximum Gasteiger partial charge on any atom is 0.222 e. The molecule has 0 radical (unpaired) electrons. The van der Waals surface area contributed by atoms with E-state index in [0.717, 1.165) is 30.5 Å². The highest BCUT2D eigenvalue weighted by Crippen LogP contribution is 2.18. The second-order valence-corrected chi connectivity index (χ2v) is 5.15. The van der Waals surface area contributed by atoms with Gasteiger partial charge in [-0.3, -0.25) is 4.79 Å². The lowest BCUT2D eigenvalue weighted by Gasteiger charge is -2.16. The summed E-state index contributed by atoms with van der Waals surface area (Å²) in [5.74, 6) is 0.570. The third kappa shape index (κ3) is 2.46. The first-order valence-corrected chi connectivity index (χ1v) is 6.66. The van der Waals surface area contributed by atoms with E-state index >= 15 is 0 Å². The Morgan fingerprint density at radius 2 is 2.37 bits per heavy atom. The van der Waals surface area contributed by atoms with E-state index in [4.69, 9.17) is 5.73 Å². The lowest BCUT2D eigenvalue weighted by Crippen LogP contribution is -2.28. The Morgan fingerprint density at radius 3 is 3.16 bits per heavy atom. The first kappa shape index (κ1) is 12.2. The van der Waals surface area contributed by atoms with Crippen molar-refractivity contribution in [1.82, 2.24) is 14.9 Å². The number of nitrogens with zero attached hydrogens (tertiary/aromatic N) is 2. The molecule has 100 valence electrons. The van der Waals surface area contributed by atoms with Crippen LogP contribution in [0.1, 0.15) is 12.0 Å². The summed E-state index contributed by atoms with van der Waals surface area (Å²) >= 11 is 0. The van der Waals surface area contributed by atoms with Gasteiger partial charge in [-0.15, -0.1) is 0 Å². The number of H-pyrrole nitrogens is 1. The van der Waals surface area contributed by atoms with E-state index in [1.165, 1.54) is 5.56 Å². The summed E-state index contributed by atoms with van der Waals surface area (Å²) in [4.78, 5) is 21.0. The predicted octanol–water partition coefficient (Wildman–Crippen LogP) is 0.913. The molecule has 1 aromatic heterocycles. The van der Waals surface area contributed by atoms with Gasteiger partial charge in [0.05, 0.1) is 17.4 Å². The molecule has 1 aliphatic heterocycles. The second kappa shape index (κ2) is 5.01.